The van der Waals surface area contributed by atoms with Crippen molar-refractivity contribution in [2.45, 2.75) is 20.1 Å². The second kappa shape index (κ2) is 10.4. The van der Waals surface area contributed by atoms with Crippen LogP contribution in [-0.2, 0) is 18.9 Å². The van der Waals surface area contributed by atoms with Crippen LogP contribution in [0.3, 0.4) is 0 Å². The first-order valence-electron chi connectivity index (χ1n) is 6.81. The number of benzene rings is 1. The largest absolute Gasteiger partial charge is 0.457 e. The van der Waals surface area contributed by atoms with Crippen molar-refractivity contribution >= 4 is 5.97 Å². The second-order valence-electron chi connectivity index (χ2n) is 3.92. The lowest BCUT2D eigenvalue weighted by molar-refractivity contribution is -0.167. The molecule has 0 aromatic heterocycles. The van der Waals surface area contributed by atoms with Crippen LogP contribution >= 0.6 is 0 Å². The zero-order valence-electron chi connectivity index (χ0n) is 12.0. The van der Waals surface area contributed by atoms with Gasteiger partial charge in [-0.3, -0.25) is 0 Å². The molecule has 0 saturated heterocycles. The molecule has 5 nitrogen and oxygen atoms in total. The molecule has 20 heavy (non-hydrogen) atoms. The van der Waals surface area contributed by atoms with E-state index >= 15 is 0 Å². The highest BCUT2D eigenvalue weighted by molar-refractivity contribution is 5.89. The minimum absolute atomic E-state index is 0.0632. The van der Waals surface area contributed by atoms with Gasteiger partial charge in [0.25, 0.3) is 0 Å². The van der Waals surface area contributed by atoms with Crippen molar-refractivity contribution in [3.63, 3.8) is 0 Å². The van der Waals surface area contributed by atoms with Crippen molar-refractivity contribution in [1.82, 2.24) is 0 Å². The van der Waals surface area contributed by atoms with Gasteiger partial charge in [0, 0.05) is 13.2 Å². The maximum absolute atomic E-state index is 11.8. The average molecular weight is 282 g/mol. The SMILES string of the molecule is CCOCCOC(COC(=O)c1ccccc1)OCC. The summed E-state index contributed by atoms with van der Waals surface area (Å²) in [5.41, 5.74) is 0.511. The van der Waals surface area contributed by atoms with Crippen molar-refractivity contribution in [1.29, 1.82) is 0 Å². The highest BCUT2D eigenvalue weighted by Crippen LogP contribution is 2.03. The van der Waals surface area contributed by atoms with Gasteiger partial charge in [-0.1, -0.05) is 18.2 Å². The van der Waals surface area contributed by atoms with Gasteiger partial charge in [0.1, 0.15) is 6.61 Å². The maximum Gasteiger partial charge on any atom is 0.338 e. The van der Waals surface area contributed by atoms with Crippen molar-refractivity contribution in [2.75, 3.05) is 33.0 Å². The highest BCUT2D eigenvalue weighted by atomic mass is 16.7. The fourth-order valence-corrected chi connectivity index (χ4v) is 1.51. The van der Waals surface area contributed by atoms with Crippen LogP contribution in [0.15, 0.2) is 30.3 Å². The zero-order chi connectivity index (χ0) is 14.6. The predicted octanol–water partition coefficient (Wildman–Crippen LogP) is 2.26. The molecule has 112 valence electrons. The van der Waals surface area contributed by atoms with Gasteiger partial charge in [-0.2, -0.15) is 0 Å². The Morgan fingerprint density at radius 2 is 1.80 bits per heavy atom. The summed E-state index contributed by atoms with van der Waals surface area (Å²) in [5, 5.41) is 0. The summed E-state index contributed by atoms with van der Waals surface area (Å²) in [6.45, 7) is 5.87. The van der Waals surface area contributed by atoms with Crippen LogP contribution in [0, 0.1) is 0 Å². The quantitative estimate of drug-likeness (QED) is 0.374. The highest BCUT2D eigenvalue weighted by Gasteiger charge is 2.13. The van der Waals surface area contributed by atoms with E-state index in [4.69, 9.17) is 18.9 Å². The maximum atomic E-state index is 11.8. The predicted molar refractivity (Wildman–Crippen MR) is 74.6 cm³/mol. The molecule has 0 aliphatic heterocycles. The number of carbonyl (C=O) groups is 1. The molecule has 0 radical (unpaired) electrons. The fraction of sp³-hybridized carbons (Fsp3) is 0.533. The van der Waals surface area contributed by atoms with E-state index in [-0.39, 0.29) is 12.6 Å². The molecule has 1 aromatic rings. The van der Waals surface area contributed by atoms with Gasteiger partial charge >= 0.3 is 5.97 Å². The molecule has 0 aliphatic carbocycles. The van der Waals surface area contributed by atoms with Crippen LogP contribution in [-0.4, -0.2) is 45.3 Å². The normalized spacial score (nSPS) is 12.1. The minimum Gasteiger partial charge on any atom is -0.457 e. The first-order valence-corrected chi connectivity index (χ1v) is 6.81. The molecule has 0 aliphatic rings. The van der Waals surface area contributed by atoms with Gasteiger partial charge in [-0.05, 0) is 26.0 Å². The Morgan fingerprint density at radius 3 is 2.45 bits per heavy atom. The first kappa shape index (κ1) is 16.6. The Bertz CT molecular complexity index is 366. The van der Waals surface area contributed by atoms with Crippen molar-refractivity contribution in [3.8, 4) is 0 Å². The molecule has 0 amide bonds. The van der Waals surface area contributed by atoms with Gasteiger partial charge in [0.05, 0.1) is 18.8 Å². The van der Waals surface area contributed by atoms with E-state index < -0.39 is 6.29 Å². The molecule has 0 fully saturated rings. The zero-order valence-corrected chi connectivity index (χ0v) is 12.0. The van der Waals surface area contributed by atoms with Crippen LogP contribution in [0.5, 0.6) is 0 Å². The lowest BCUT2D eigenvalue weighted by atomic mass is 10.2. The van der Waals surface area contributed by atoms with Crippen LogP contribution in [0.4, 0.5) is 0 Å². The number of rotatable bonds is 10. The van der Waals surface area contributed by atoms with Crippen molar-refractivity contribution in [3.05, 3.63) is 35.9 Å². The molecule has 0 heterocycles. The molecule has 0 N–H and O–H groups in total. The Kier molecular flexibility index (Phi) is 8.62. The molecule has 1 unspecified atom stereocenters. The Hall–Kier alpha value is -1.43. The molecule has 0 bridgehead atoms. The monoisotopic (exact) mass is 282 g/mol. The average Bonchev–Trinajstić information content (AvgIpc) is 2.49. The molecule has 1 atom stereocenters. The lowest BCUT2D eigenvalue weighted by Gasteiger charge is -2.17. The summed E-state index contributed by atoms with van der Waals surface area (Å²) in [5.74, 6) is -0.385. The topological polar surface area (TPSA) is 54.0 Å². The van der Waals surface area contributed by atoms with Gasteiger partial charge in [-0.15, -0.1) is 0 Å². The summed E-state index contributed by atoms with van der Waals surface area (Å²) in [7, 11) is 0. The summed E-state index contributed by atoms with van der Waals surface area (Å²) in [6.07, 6.45) is -0.562. The summed E-state index contributed by atoms with van der Waals surface area (Å²) in [4.78, 5) is 11.8. The van der Waals surface area contributed by atoms with Crippen LogP contribution in [0.2, 0.25) is 0 Å². The van der Waals surface area contributed by atoms with Crippen LogP contribution < -0.4 is 0 Å². The standard InChI is InChI=1S/C15H22O5/c1-3-17-10-11-19-14(18-4-2)12-20-15(16)13-8-6-5-7-9-13/h5-9,14H,3-4,10-12H2,1-2H3. The van der Waals surface area contributed by atoms with Crippen LogP contribution in [0.25, 0.3) is 0 Å². The Labute approximate surface area is 119 Å². The molecule has 1 rings (SSSR count). The number of hydrogen-bond donors (Lipinski definition) is 0. The van der Waals surface area contributed by atoms with Crippen LogP contribution in [0.1, 0.15) is 24.2 Å². The third-order valence-corrected chi connectivity index (χ3v) is 2.45. The van der Waals surface area contributed by atoms with E-state index in [0.29, 0.717) is 32.0 Å². The first-order chi connectivity index (χ1) is 9.77. The van der Waals surface area contributed by atoms with Gasteiger partial charge < -0.3 is 18.9 Å². The van der Waals surface area contributed by atoms with E-state index in [1.807, 2.05) is 19.9 Å². The Balaban J connectivity index is 2.32. The molecule has 1 aromatic carbocycles. The van der Waals surface area contributed by atoms with Gasteiger partial charge in [0.2, 0.25) is 0 Å². The summed E-state index contributed by atoms with van der Waals surface area (Å²) in [6, 6.07) is 8.82. The number of ether oxygens (including phenoxy) is 4. The molecule has 5 heteroatoms. The number of carbonyl (C=O) groups excluding carboxylic acids is 1. The van der Waals surface area contributed by atoms with E-state index in [1.165, 1.54) is 0 Å². The third kappa shape index (κ3) is 6.65. The number of esters is 1. The summed E-state index contributed by atoms with van der Waals surface area (Å²) >= 11 is 0. The third-order valence-electron chi connectivity index (χ3n) is 2.45. The van der Waals surface area contributed by atoms with E-state index in [1.54, 1.807) is 24.3 Å². The summed E-state index contributed by atoms with van der Waals surface area (Å²) < 4.78 is 21.1. The smallest absolute Gasteiger partial charge is 0.338 e. The molecule has 0 saturated carbocycles. The number of hydrogen-bond acceptors (Lipinski definition) is 5. The van der Waals surface area contributed by atoms with E-state index in [2.05, 4.69) is 0 Å². The van der Waals surface area contributed by atoms with Gasteiger partial charge in [0.15, 0.2) is 6.29 Å². The van der Waals surface area contributed by atoms with Crippen molar-refractivity contribution < 1.29 is 23.7 Å². The second-order valence-corrected chi connectivity index (χ2v) is 3.92. The Morgan fingerprint density at radius 1 is 1.05 bits per heavy atom. The van der Waals surface area contributed by atoms with Gasteiger partial charge in [-0.25, -0.2) is 4.79 Å². The molecular formula is C15H22O5. The molecular weight excluding hydrogens is 260 g/mol. The van der Waals surface area contributed by atoms with E-state index in [0.717, 1.165) is 0 Å². The minimum atomic E-state index is -0.562. The fourth-order valence-electron chi connectivity index (χ4n) is 1.51. The van der Waals surface area contributed by atoms with E-state index in [9.17, 15) is 4.79 Å². The van der Waals surface area contributed by atoms with Crippen molar-refractivity contribution in [2.24, 2.45) is 0 Å². The molecule has 0 spiro atoms. The lowest BCUT2D eigenvalue weighted by Crippen LogP contribution is -2.27.